The van der Waals surface area contributed by atoms with Gasteiger partial charge in [0.1, 0.15) is 5.92 Å². The van der Waals surface area contributed by atoms with Gasteiger partial charge in [0.15, 0.2) is 0 Å². The zero-order chi connectivity index (χ0) is 9.84. The molecule has 0 radical (unpaired) electrons. The van der Waals surface area contributed by atoms with Crippen molar-refractivity contribution in [2.24, 2.45) is 23.3 Å². The Balaban J connectivity index is 2.62. The first kappa shape index (κ1) is 10.7. The van der Waals surface area contributed by atoms with Crippen molar-refractivity contribution in [3.63, 3.8) is 0 Å². The van der Waals surface area contributed by atoms with Crippen LogP contribution in [0.1, 0.15) is 0 Å². The number of nitrogens with two attached hydrogens (primary N) is 2. The molecule has 6 heteroatoms. The molecule has 0 spiro atoms. The number of rotatable bonds is 3. The van der Waals surface area contributed by atoms with Gasteiger partial charge in [0.2, 0.25) is 11.8 Å². The summed E-state index contributed by atoms with van der Waals surface area (Å²) in [5.74, 6) is -0.382. The minimum Gasteiger partial charge on any atom is -0.369 e. The highest BCUT2D eigenvalue weighted by atomic mass is 32.2. The molecule has 1 heterocycles. The van der Waals surface area contributed by atoms with E-state index in [1.165, 1.54) is 0 Å². The molecule has 1 aliphatic heterocycles. The molecule has 1 saturated heterocycles. The number of thioether (sulfide) groups is 2. The average Bonchev–Trinajstić information content (AvgIpc) is 2.04. The van der Waals surface area contributed by atoms with Crippen LogP contribution in [-0.2, 0) is 9.59 Å². The smallest absolute Gasteiger partial charge is 0.230 e. The second-order valence-corrected chi connectivity index (χ2v) is 5.33. The monoisotopic (exact) mass is 220 g/mol. The van der Waals surface area contributed by atoms with E-state index in [9.17, 15) is 9.59 Å². The van der Waals surface area contributed by atoms with Gasteiger partial charge in [-0.1, -0.05) is 0 Å². The maximum atomic E-state index is 10.9. The van der Waals surface area contributed by atoms with Crippen LogP contribution in [0, 0.1) is 11.8 Å². The van der Waals surface area contributed by atoms with E-state index in [1.807, 2.05) is 0 Å². The lowest BCUT2D eigenvalue weighted by Gasteiger charge is -2.25. The van der Waals surface area contributed by atoms with Gasteiger partial charge in [0, 0.05) is 5.08 Å². The van der Waals surface area contributed by atoms with Crippen LogP contribution < -0.4 is 11.5 Å². The van der Waals surface area contributed by atoms with Crippen LogP contribution in [0.25, 0.3) is 0 Å². The van der Waals surface area contributed by atoms with E-state index in [4.69, 9.17) is 11.5 Å². The lowest BCUT2D eigenvalue weighted by Crippen LogP contribution is -2.42. The van der Waals surface area contributed by atoms with Crippen LogP contribution in [0.3, 0.4) is 0 Å². The molecule has 1 rings (SSSR count). The first-order valence-corrected chi connectivity index (χ1v) is 6.18. The molecule has 0 saturated carbocycles. The molecule has 1 fully saturated rings. The van der Waals surface area contributed by atoms with E-state index in [2.05, 4.69) is 0 Å². The second-order valence-electron chi connectivity index (χ2n) is 2.90. The molecular formula is C7H12N2O2S2. The lowest BCUT2D eigenvalue weighted by molar-refractivity contribution is -0.133. The fourth-order valence-electron chi connectivity index (χ4n) is 1.30. The fraction of sp³-hybridized carbons (Fsp3) is 0.714. The zero-order valence-corrected chi connectivity index (χ0v) is 8.70. The summed E-state index contributed by atoms with van der Waals surface area (Å²) in [6.45, 7) is 0. The summed E-state index contributed by atoms with van der Waals surface area (Å²) in [5, 5.41) is 1.01. The fourth-order valence-corrected chi connectivity index (χ4v) is 3.92. The third-order valence-corrected chi connectivity index (χ3v) is 4.58. The summed E-state index contributed by atoms with van der Waals surface area (Å²) in [7, 11) is 0. The summed E-state index contributed by atoms with van der Waals surface area (Å²) >= 11 is 3.43. The topological polar surface area (TPSA) is 86.2 Å². The number of carbonyl (C=O) groups is 2. The highest BCUT2D eigenvalue weighted by Gasteiger charge is 2.32. The van der Waals surface area contributed by atoms with E-state index >= 15 is 0 Å². The van der Waals surface area contributed by atoms with E-state index in [0.29, 0.717) is 0 Å². The van der Waals surface area contributed by atoms with Gasteiger partial charge in [-0.05, 0) is 17.4 Å². The van der Waals surface area contributed by atoms with Crippen molar-refractivity contribution in [3.8, 4) is 0 Å². The molecule has 0 aromatic carbocycles. The highest BCUT2D eigenvalue weighted by Crippen LogP contribution is 2.30. The molecule has 13 heavy (non-hydrogen) atoms. The van der Waals surface area contributed by atoms with Gasteiger partial charge >= 0.3 is 0 Å². The summed E-state index contributed by atoms with van der Waals surface area (Å²) in [5.41, 5.74) is 10.2. The molecule has 0 unspecified atom stereocenters. The van der Waals surface area contributed by atoms with Crippen LogP contribution in [0.5, 0.6) is 0 Å². The Labute approximate surface area is 85.2 Å². The number of carbonyl (C=O) groups excluding carboxylic acids is 2. The number of hydrogen-bond donors (Lipinski definition) is 2. The van der Waals surface area contributed by atoms with Crippen molar-refractivity contribution in [1.82, 2.24) is 0 Å². The summed E-state index contributed by atoms with van der Waals surface area (Å²) in [6.07, 6.45) is 0. The molecule has 0 atom stereocenters. The van der Waals surface area contributed by atoms with Crippen molar-refractivity contribution in [2.75, 3.05) is 16.6 Å². The van der Waals surface area contributed by atoms with Crippen LogP contribution in [-0.4, -0.2) is 28.4 Å². The molecule has 0 aromatic heterocycles. The van der Waals surface area contributed by atoms with Gasteiger partial charge in [-0.3, -0.25) is 9.59 Å². The van der Waals surface area contributed by atoms with Gasteiger partial charge in [0.05, 0.1) is 0 Å². The van der Waals surface area contributed by atoms with Crippen molar-refractivity contribution < 1.29 is 9.59 Å². The SMILES string of the molecule is NC(=O)C(C(N)=O)C1CSCSC1. The average molecular weight is 220 g/mol. The first-order valence-electron chi connectivity index (χ1n) is 3.87. The summed E-state index contributed by atoms with van der Waals surface area (Å²) < 4.78 is 0. The number of hydrogen-bond acceptors (Lipinski definition) is 4. The maximum Gasteiger partial charge on any atom is 0.230 e. The van der Waals surface area contributed by atoms with Gasteiger partial charge in [0.25, 0.3) is 0 Å². The summed E-state index contributed by atoms with van der Waals surface area (Å²) in [4.78, 5) is 21.9. The van der Waals surface area contributed by atoms with Crippen LogP contribution in [0.15, 0.2) is 0 Å². The predicted octanol–water partition coefficient (Wildman–Crippen LogP) is -0.373. The molecular weight excluding hydrogens is 208 g/mol. The Morgan fingerprint density at radius 3 is 2.00 bits per heavy atom. The van der Waals surface area contributed by atoms with E-state index < -0.39 is 17.7 Å². The van der Waals surface area contributed by atoms with E-state index in [1.54, 1.807) is 23.5 Å². The standard InChI is InChI=1S/C7H12N2O2S2/c8-6(10)5(7(9)11)4-1-12-3-13-2-4/h4-5H,1-3H2,(H2,8,10)(H2,9,11). The van der Waals surface area contributed by atoms with Crippen LogP contribution in [0.2, 0.25) is 0 Å². The molecule has 4 nitrogen and oxygen atoms in total. The Morgan fingerprint density at radius 2 is 1.62 bits per heavy atom. The van der Waals surface area contributed by atoms with Crippen molar-refractivity contribution in [2.45, 2.75) is 0 Å². The lowest BCUT2D eigenvalue weighted by atomic mass is 9.94. The number of amides is 2. The third-order valence-electron chi connectivity index (χ3n) is 1.91. The molecule has 0 aromatic rings. The van der Waals surface area contributed by atoms with Gasteiger partial charge in [-0.15, -0.1) is 0 Å². The van der Waals surface area contributed by atoms with Crippen LogP contribution in [0.4, 0.5) is 0 Å². The quantitative estimate of drug-likeness (QED) is 0.635. The first-order chi connectivity index (χ1) is 6.13. The normalized spacial score (nSPS) is 18.8. The molecule has 74 valence electrons. The Kier molecular flexibility index (Phi) is 3.92. The van der Waals surface area contributed by atoms with Gasteiger partial charge in [-0.25, -0.2) is 0 Å². The molecule has 0 bridgehead atoms. The predicted molar refractivity (Wildman–Crippen MR) is 55.2 cm³/mol. The Morgan fingerprint density at radius 1 is 1.15 bits per heavy atom. The van der Waals surface area contributed by atoms with E-state index in [-0.39, 0.29) is 5.92 Å². The van der Waals surface area contributed by atoms with Crippen molar-refractivity contribution in [1.29, 1.82) is 0 Å². The second kappa shape index (κ2) is 4.76. The number of primary amides is 2. The molecule has 0 aliphatic carbocycles. The van der Waals surface area contributed by atoms with Crippen LogP contribution >= 0.6 is 23.5 Å². The minimum atomic E-state index is -0.791. The zero-order valence-electron chi connectivity index (χ0n) is 7.06. The van der Waals surface area contributed by atoms with Gasteiger partial charge in [-0.2, -0.15) is 23.5 Å². The van der Waals surface area contributed by atoms with Crippen molar-refractivity contribution in [3.05, 3.63) is 0 Å². The largest absolute Gasteiger partial charge is 0.369 e. The Bertz CT molecular complexity index is 203. The van der Waals surface area contributed by atoms with Crippen molar-refractivity contribution >= 4 is 35.3 Å². The maximum absolute atomic E-state index is 10.9. The highest BCUT2D eigenvalue weighted by molar-refractivity contribution is 8.16. The molecule has 4 N–H and O–H groups in total. The minimum absolute atomic E-state index is 0.0127. The third kappa shape index (κ3) is 2.80. The molecule has 1 aliphatic rings. The summed E-state index contributed by atoms with van der Waals surface area (Å²) in [6, 6.07) is 0. The molecule has 2 amide bonds. The Hall–Kier alpha value is -0.360. The van der Waals surface area contributed by atoms with E-state index in [0.717, 1.165) is 16.6 Å². The van der Waals surface area contributed by atoms with Gasteiger partial charge < -0.3 is 11.5 Å².